The number of hydrogen-bond donors (Lipinski definition) is 1. The summed E-state index contributed by atoms with van der Waals surface area (Å²) in [7, 11) is 0. The van der Waals surface area contributed by atoms with E-state index in [2.05, 4.69) is 36.2 Å². The minimum absolute atomic E-state index is 0.115. The van der Waals surface area contributed by atoms with Gasteiger partial charge in [0.25, 0.3) is 5.91 Å². The van der Waals surface area contributed by atoms with Crippen LogP contribution in [0.4, 0.5) is 13.9 Å². The van der Waals surface area contributed by atoms with E-state index in [1.54, 1.807) is 19.2 Å². The maximum absolute atomic E-state index is 13.0. The van der Waals surface area contributed by atoms with Crippen molar-refractivity contribution in [2.75, 3.05) is 5.32 Å². The van der Waals surface area contributed by atoms with Crippen LogP contribution in [0.25, 0.3) is 10.7 Å². The summed E-state index contributed by atoms with van der Waals surface area (Å²) in [6, 6.07) is 1.62. The summed E-state index contributed by atoms with van der Waals surface area (Å²) in [6.45, 7) is -1.03. The third-order valence-corrected chi connectivity index (χ3v) is 4.57. The molecule has 0 fully saturated rings. The number of nitrogens with one attached hydrogen (secondary N) is 1. The molecule has 124 valence electrons. The summed E-state index contributed by atoms with van der Waals surface area (Å²) >= 11 is 4.33. The molecule has 0 saturated carbocycles. The van der Waals surface area contributed by atoms with E-state index in [0.29, 0.717) is 25.7 Å². The van der Waals surface area contributed by atoms with Gasteiger partial charge in [-0.15, -0.1) is 0 Å². The second-order valence-electron chi connectivity index (χ2n) is 4.72. The molecule has 0 aliphatic carbocycles. The van der Waals surface area contributed by atoms with E-state index < -0.39 is 6.55 Å². The van der Waals surface area contributed by atoms with Crippen molar-refractivity contribution in [1.29, 1.82) is 0 Å². The Kier molecular flexibility index (Phi) is 4.67. The van der Waals surface area contributed by atoms with E-state index in [4.69, 9.17) is 0 Å². The zero-order valence-corrected chi connectivity index (χ0v) is 14.6. The molecule has 3 aromatic heterocycles. The Morgan fingerprint density at radius 2 is 2.21 bits per heavy atom. The van der Waals surface area contributed by atoms with Crippen molar-refractivity contribution in [3.63, 3.8) is 0 Å². The molecule has 3 aromatic rings. The smallest absolute Gasteiger partial charge is 0.298 e. The first-order valence-electron chi connectivity index (χ1n) is 6.66. The van der Waals surface area contributed by atoms with Crippen LogP contribution in [0.3, 0.4) is 0 Å². The van der Waals surface area contributed by atoms with Crippen LogP contribution in [0.5, 0.6) is 0 Å². The number of pyridine rings is 1. The highest BCUT2D eigenvalue weighted by Crippen LogP contribution is 2.33. The van der Waals surface area contributed by atoms with E-state index in [1.165, 1.54) is 18.6 Å². The Labute approximate surface area is 147 Å². The second-order valence-corrected chi connectivity index (χ2v) is 6.63. The highest BCUT2D eigenvalue weighted by atomic mass is 79.9. The van der Waals surface area contributed by atoms with Gasteiger partial charge in [-0.1, -0.05) is 11.3 Å². The van der Waals surface area contributed by atoms with Gasteiger partial charge in [-0.05, 0) is 28.9 Å². The summed E-state index contributed by atoms with van der Waals surface area (Å²) in [6.07, 6.45) is 5.48. The summed E-state index contributed by atoms with van der Waals surface area (Å²) in [5, 5.41) is 2.94. The standard InChI is InChI=1S/C14H10BrF2N5OS/c1-7-10(11-19-2-3-22(11)13(16)17)24-14(20-7)21-12(23)8-4-9(15)6-18-5-8/h2-6,13H,1H3,(H,20,21,23). The zero-order valence-electron chi connectivity index (χ0n) is 12.2. The molecular weight excluding hydrogens is 404 g/mol. The Morgan fingerprint density at radius 3 is 2.92 bits per heavy atom. The molecular formula is C14H10BrF2N5OS. The molecule has 3 rings (SSSR count). The van der Waals surface area contributed by atoms with Crippen LogP contribution >= 0.6 is 27.3 Å². The lowest BCUT2D eigenvalue weighted by atomic mass is 10.3. The van der Waals surface area contributed by atoms with Gasteiger partial charge in [0.15, 0.2) is 11.0 Å². The average molecular weight is 414 g/mol. The minimum Gasteiger partial charge on any atom is -0.298 e. The Morgan fingerprint density at radius 1 is 1.42 bits per heavy atom. The number of aryl methyl sites for hydroxylation is 1. The minimum atomic E-state index is -2.70. The Hall–Kier alpha value is -2.20. The molecule has 24 heavy (non-hydrogen) atoms. The van der Waals surface area contributed by atoms with Crippen molar-refractivity contribution in [2.45, 2.75) is 13.5 Å². The molecule has 0 atom stereocenters. The van der Waals surface area contributed by atoms with Crippen LogP contribution in [0.1, 0.15) is 22.6 Å². The van der Waals surface area contributed by atoms with Crippen LogP contribution in [-0.2, 0) is 0 Å². The number of rotatable bonds is 4. The van der Waals surface area contributed by atoms with E-state index >= 15 is 0 Å². The van der Waals surface area contributed by atoms with Crippen molar-refractivity contribution in [3.05, 3.63) is 46.6 Å². The molecule has 0 spiro atoms. The summed E-state index contributed by atoms with van der Waals surface area (Å²) in [5.41, 5.74) is 0.864. The summed E-state index contributed by atoms with van der Waals surface area (Å²) < 4.78 is 27.4. The van der Waals surface area contributed by atoms with Gasteiger partial charge >= 0.3 is 6.55 Å². The molecule has 0 saturated heterocycles. The lowest BCUT2D eigenvalue weighted by Crippen LogP contribution is -2.11. The molecule has 6 nitrogen and oxygen atoms in total. The Balaban J connectivity index is 1.87. The topological polar surface area (TPSA) is 72.7 Å². The fraction of sp³-hybridized carbons (Fsp3) is 0.143. The molecule has 1 amide bonds. The van der Waals surface area contributed by atoms with Gasteiger partial charge in [0, 0.05) is 29.3 Å². The molecule has 10 heteroatoms. The number of imidazole rings is 1. The Bertz CT molecular complexity index is 895. The number of halogens is 3. The summed E-state index contributed by atoms with van der Waals surface area (Å²) in [4.78, 5) is 24.8. The number of carbonyl (C=O) groups excluding carboxylic acids is 1. The maximum atomic E-state index is 13.0. The van der Waals surface area contributed by atoms with E-state index in [1.807, 2.05) is 0 Å². The molecule has 0 unspecified atom stereocenters. The number of amides is 1. The summed E-state index contributed by atoms with van der Waals surface area (Å²) in [5.74, 6) is -0.272. The number of hydrogen-bond acceptors (Lipinski definition) is 5. The lowest BCUT2D eigenvalue weighted by molar-refractivity contribution is 0.0720. The molecule has 0 bridgehead atoms. The van der Waals surface area contributed by atoms with Gasteiger partial charge in [-0.25, -0.2) is 9.97 Å². The van der Waals surface area contributed by atoms with Crippen molar-refractivity contribution in [2.24, 2.45) is 0 Å². The average Bonchev–Trinajstić information content (AvgIpc) is 3.13. The molecule has 1 N–H and O–H groups in total. The van der Waals surface area contributed by atoms with Crippen molar-refractivity contribution in [3.8, 4) is 10.7 Å². The number of thiazole rings is 1. The van der Waals surface area contributed by atoms with Gasteiger partial charge in [-0.3, -0.25) is 19.7 Å². The van der Waals surface area contributed by atoms with Gasteiger partial charge in [0.1, 0.15) is 0 Å². The molecule has 0 aromatic carbocycles. The molecule has 3 heterocycles. The predicted octanol–water partition coefficient (Wildman–Crippen LogP) is 4.12. The predicted molar refractivity (Wildman–Crippen MR) is 89.2 cm³/mol. The fourth-order valence-electron chi connectivity index (χ4n) is 2.01. The van der Waals surface area contributed by atoms with Crippen LogP contribution in [0.2, 0.25) is 0 Å². The largest absolute Gasteiger partial charge is 0.320 e. The number of nitrogens with zero attached hydrogens (tertiary/aromatic N) is 4. The van der Waals surface area contributed by atoms with Gasteiger partial charge < -0.3 is 0 Å². The highest BCUT2D eigenvalue weighted by molar-refractivity contribution is 9.10. The van der Waals surface area contributed by atoms with Crippen LogP contribution in [0, 0.1) is 6.92 Å². The number of aromatic nitrogens is 4. The number of alkyl halides is 2. The lowest BCUT2D eigenvalue weighted by Gasteiger charge is -2.04. The number of carbonyl (C=O) groups is 1. The quantitative estimate of drug-likeness (QED) is 0.697. The van der Waals surface area contributed by atoms with Gasteiger partial charge in [0.05, 0.1) is 16.1 Å². The van der Waals surface area contributed by atoms with Crippen molar-refractivity contribution < 1.29 is 13.6 Å². The fourth-order valence-corrected chi connectivity index (χ4v) is 3.34. The van der Waals surface area contributed by atoms with Crippen LogP contribution in [0.15, 0.2) is 35.3 Å². The second kappa shape index (κ2) is 6.73. The van der Waals surface area contributed by atoms with Crippen LogP contribution < -0.4 is 5.32 Å². The van der Waals surface area contributed by atoms with E-state index in [0.717, 1.165) is 15.9 Å². The van der Waals surface area contributed by atoms with Crippen LogP contribution in [-0.4, -0.2) is 25.4 Å². The highest BCUT2D eigenvalue weighted by Gasteiger charge is 2.19. The van der Waals surface area contributed by atoms with E-state index in [-0.39, 0.29) is 11.7 Å². The first-order valence-corrected chi connectivity index (χ1v) is 8.27. The molecule has 0 aliphatic rings. The third-order valence-electron chi connectivity index (χ3n) is 3.07. The zero-order chi connectivity index (χ0) is 17.3. The van der Waals surface area contributed by atoms with Gasteiger partial charge in [-0.2, -0.15) is 8.78 Å². The first kappa shape index (κ1) is 16.7. The van der Waals surface area contributed by atoms with Crippen molar-refractivity contribution in [1.82, 2.24) is 19.5 Å². The van der Waals surface area contributed by atoms with Crippen molar-refractivity contribution >= 4 is 38.3 Å². The molecule has 0 radical (unpaired) electrons. The molecule has 0 aliphatic heterocycles. The maximum Gasteiger partial charge on any atom is 0.320 e. The first-order chi connectivity index (χ1) is 11.5. The van der Waals surface area contributed by atoms with Gasteiger partial charge in [0.2, 0.25) is 0 Å². The van der Waals surface area contributed by atoms with E-state index in [9.17, 15) is 13.6 Å². The normalized spacial score (nSPS) is 11.0. The monoisotopic (exact) mass is 413 g/mol. The number of anilines is 1. The third kappa shape index (κ3) is 3.34. The SMILES string of the molecule is Cc1nc(NC(=O)c2cncc(Br)c2)sc1-c1nccn1C(F)F.